The van der Waals surface area contributed by atoms with Gasteiger partial charge in [0.15, 0.2) is 0 Å². The highest BCUT2D eigenvalue weighted by Gasteiger charge is 2.20. The predicted octanol–water partition coefficient (Wildman–Crippen LogP) is 2.76. The van der Waals surface area contributed by atoms with Crippen molar-refractivity contribution in [2.75, 3.05) is 13.6 Å². The fourth-order valence-corrected chi connectivity index (χ4v) is 2.04. The van der Waals surface area contributed by atoms with Crippen molar-refractivity contribution in [3.8, 4) is 0 Å². The average Bonchev–Trinajstić information content (AvgIpc) is 2.42. The number of nitrogens with zero attached hydrogens (tertiary/aromatic N) is 1. The Labute approximate surface area is 121 Å². The summed E-state index contributed by atoms with van der Waals surface area (Å²) in [5.41, 5.74) is 6.69. The van der Waals surface area contributed by atoms with E-state index in [-0.39, 0.29) is 23.7 Å². The highest BCUT2D eigenvalue weighted by atomic mass is 19.1. The first-order valence-electron chi connectivity index (χ1n) is 7.09. The Balaban J connectivity index is 2.60. The van der Waals surface area contributed by atoms with Gasteiger partial charge in [0.25, 0.3) is 0 Å². The molecule has 2 unspecified atom stereocenters. The molecule has 0 spiro atoms. The van der Waals surface area contributed by atoms with Gasteiger partial charge in [-0.15, -0.1) is 0 Å². The predicted molar refractivity (Wildman–Crippen MR) is 79.9 cm³/mol. The normalized spacial score (nSPS) is 14.2. The van der Waals surface area contributed by atoms with E-state index in [4.69, 9.17) is 5.73 Å². The largest absolute Gasteiger partial charge is 0.345 e. The zero-order valence-corrected chi connectivity index (χ0v) is 12.8. The molecule has 1 rings (SSSR count). The molecule has 2 atom stereocenters. The van der Waals surface area contributed by atoms with Crippen LogP contribution in [0, 0.1) is 11.7 Å². The Morgan fingerprint density at radius 1 is 1.35 bits per heavy atom. The summed E-state index contributed by atoms with van der Waals surface area (Å²) in [6, 6.07) is 6.29. The molecule has 0 aliphatic carbocycles. The molecule has 2 N–H and O–H groups in total. The first-order valence-corrected chi connectivity index (χ1v) is 7.09. The van der Waals surface area contributed by atoms with Crippen LogP contribution < -0.4 is 5.73 Å². The van der Waals surface area contributed by atoms with Gasteiger partial charge in [0.05, 0.1) is 5.92 Å². The molecule has 0 aromatic heterocycles. The van der Waals surface area contributed by atoms with E-state index >= 15 is 0 Å². The summed E-state index contributed by atoms with van der Waals surface area (Å²) in [6.45, 7) is 6.57. The lowest BCUT2D eigenvalue weighted by Crippen LogP contribution is -2.36. The molecular weight excluding hydrogens is 255 g/mol. The van der Waals surface area contributed by atoms with Gasteiger partial charge >= 0.3 is 0 Å². The smallest absolute Gasteiger partial charge is 0.229 e. The second-order valence-electron chi connectivity index (χ2n) is 5.73. The van der Waals surface area contributed by atoms with Gasteiger partial charge in [0, 0.05) is 19.6 Å². The second-order valence-corrected chi connectivity index (χ2v) is 5.73. The van der Waals surface area contributed by atoms with Crippen LogP contribution in [0.2, 0.25) is 0 Å². The van der Waals surface area contributed by atoms with Crippen molar-refractivity contribution in [2.24, 2.45) is 11.7 Å². The van der Waals surface area contributed by atoms with E-state index in [0.717, 1.165) is 6.42 Å². The maximum absolute atomic E-state index is 13.2. The number of hydrogen-bond donors (Lipinski definition) is 1. The number of likely N-dealkylation sites (N-methyl/N-ethyl adjacent to an activating group) is 1. The third-order valence-electron chi connectivity index (χ3n) is 3.75. The van der Waals surface area contributed by atoms with Gasteiger partial charge < -0.3 is 10.6 Å². The van der Waals surface area contributed by atoms with Crippen LogP contribution >= 0.6 is 0 Å². The summed E-state index contributed by atoms with van der Waals surface area (Å²) < 4.78 is 13.2. The van der Waals surface area contributed by atoms with Crippen molar-refractivity contribution < 1.29 is 9.18 Å². The van der Waals surface area contributed by atoms with Gasteiger partial charge in [0.2, 0.25) is 5.91 Å². The van der Waals surface area contributed by atoms with Gasteiger partial charge in [-0.3, -0.25) is 4.79 Å². The summed E-state index contributed by atoms with van der Waals surface area (Å²) in [4.78, 5) is 14.0. The SMILES string of the molecule is CC(C(=O)N(C)CCC(N)C(C)C)c1cccc(F)c1. The molecular formula is C16H25FN2O. The zero-order valence-electron chi connectivity index (χ0n) is 12.8. The monoisotopic (exact) mass is 280 g/mol. The number of nitrogens with two attached hydrogens (primary N) is 1. The van der Waals surface area contributed by atoms with E-state index < -0.39 is 0 Å². The highest BCUT2D eigenvalue weighted by molar-refractivity contribution is 5.83. The maximum atomic E-state index is 13.2. The Kier molecular flexibility index (Phi) is 6.14. The Morgan fingerprint density at radius 3 is 2.55 bits per heavy atom. The van der Waals surface area contributed by atoms with Crippen molar-refractivity contribution >= 4 is 5.91 Å². The number of benzene rings is 1. The topological polar surface area (TPSA) is 46.3 Å². The van der Waals surface area contributed by atoms with Gasteiger partial charge in [-0.05, 0) is 37.0 Å². The van der Waals surface area contributed by atoms with E-state index in [1.165, 1.54) is 12.1 Å². The van der Waals surface area contributed by atoms with Crippen molar-refractivity contribution in [1.82, 2.24) is 4.90 Å². The van der Waals surface area contributed by atoms with E-state index in [1.54, 1.807) is 31.0 Å². The molecule has 1 amide bonds. The van der Waals surface area contributed by atoms with E-state index in [2.05, 4.69) is 13.8 Å². The first-order chi connectivity index (χ1) is 9.32. The third-order valence-corrected chi connectivity index (χ3v) is 3.75. The second kappa shape index (κ2) is 7.39. The summed E-state index contributed by atoms with van der Waals surface area (Å²) in [7, 11) is 1.77. The van der Waals surface area contributed by atoms with Gasteiger partial charge in [-0.1, -0.05) is 26.0 Å². The third kappa shape index (κ3) is 4.60. The Hall–Kier alpha value is -1.42. The minimum Gasteiger partial charge on any atom is -0.345 e. The number of amides is 1. The molecule has 0 saturated heterocycles. The quantitative estimate of drug-likeness (QED) is 0.871. The van der Waals surface area contributed by atoms with Crippen LogP contribution in [0.5, 0.6) is 0 Å². The van der Waals surface area contributed by atoms with Crippen LogP contribution in [0.3, 0.4) is 0 Å². The van der Waals surface area contributed by atoms with Crippen LogP contribution in [0.4, 0.5) is 4.39 Å². The van der Waals surface area contributed by atoms with Crippen LogP contribution in [0.1, 0.15) is 38.7 Å². The minimum atomic E-state index is -0.342. The fourth-order valence-electron chi connectivity index (χ4n) is 2.04. The molecule has 4 heteroatoms. The molecule has 1 aromatic rings. The van der Waals surface area contributed by atoms with E-state index in [1.807, 2.05) is 0 Å². The molecule has 0 fully saturated rings. The lowest BCUT2D eigenvalue weighted by atomic mass is 9.98. The molecule has 0 heterocycles. The Bertz CT molecular complexity index is 448. The number of carbonyl (C=O) groups excluding carboxylic acids is 1. The lowest BCUT2D eigenvalue weighted by molar-refractivity contribution is -0.131. The van der Waals surface area contributed by atoms with Crippen LogP contribution in [0.15, 0.2) is 24.3 Å². The standard InChI is InChI=1S/C16H25FN2O/c1-11(2)15(18)8-9-19(4)16(20)12(3)13-6-5-7-14(17)10-13/h5-7,10-12,15H,8-9,18H2,1-4H3. The number of halogens is 1. The van der Waals surface area contributed by atoms with E-state index in [9.17, 15) is 9.18 Å². The van der Waals surface area contributed by atoms with Crippen molar-refractivity contribution in [1.29, 1.82) is 0 Å². The maximum Gasteiger partial charge on any atom is 0.229 e. The van der Waals surface area contributed by atoms with Crippen molar-refractivity contribution in [2.45, 2.75) is 39.2 Å². The van der Waals surface area contributed by atoms with E-state index in [0.29, 0.717) is 18.0 Å². The molecule has 112 valence electrons. The number of carbonyl (C=O) groups is 1. The lowest BCUT2D eigenvalue weighted by Gasteiger charge is -2.24. The molecule has 1 aromatic carbocycles. The first kappa shape index (κ1) is 16.6. The summed E-state index contributed by atoms with van der Waals surface area (Å²) in [6.07, 6.45) is 0.774. The molecule has 3 nitrogen and oxygen atoms in total. The highest BCUT2D eigenvalue weighted by Crippen LogP contribution is 2.18. The van der Waals surface area contributed by atoms with Gasteiger partial charge in [0.1, 0.15) is 5.82 Å². The van der Waals surface area contributed by atoms with Gasteiger partial charge in [-0.25, -0.2) is 4.39 Å². The molecule has 20 heavy (non-hydrogen) atoms. The zero-order chi connectivity index (χ0) is 15.3. The Morgan fingerprint density at radius 2 is 2.00 bits per heavy atom. The average molecular weight is 280 g/mol. The van der Waals surface area contributed by atoms with Crippen LogP contribution in [0.25, 0.3) is 0 Å². The van der Waals surface area contributed by atoms with Gasteiger partial charge in [-0.2, -0.15) is 0 Å². The number of rotatable bonds is 6. The molecule has 0 bridgehead atoms. The molecule has 0 saturated carbocycles. The van der Waals surface area contributed by atoms with Crippen LogP contribution in [-0.4, -0.2) is 30.4 Å². The summed E-state index contributed by atoms with van der Waals surface area (Å²) >= 11 is 0. The van der Waals surface area contributed by atoms with Crippen molar-refractivity contribution in [3.63, 3.8) is 0 Å². The van der Waals surface area contributed by atoms with Crippen LogP contribution in [-0.2, 0) is 4.79 Å². The number of hydrogen-bond acceptors (Lipinski definition) is 2. The molecule has 0 aliphatic rings. The van der Waals surface area contributed by atoms with Crippen molar-refractivity contribution in [3.05, 3.63) is 35.6 Å². The molecule has 0 aliphatic heterocycles. The molecule has 0 radical (unpaired) electrons. The minimum absolute atomic E-state index is 0.00782. The fraction of sp³-hybridized carbons (Fsp3) is 0.562. The summed E-state index contributed by atoms with van der Waals surface area (Å²) in [5.74, 6) is -0.261. The summed E-state index contributed by atoms with van der Waals surface area (Å²) in [5, 5.41) is 0.